The summed E-state index contributed by atoms with van der Waals surface area (Å²) >= 11 is 0. The van der Waals surface area contributed by atoms with E-state index in [1.807, 2.05) is 6.92 Å². The number of hydrogen-bond donors (Lipinski definition) is 1. The van der Waals surface area contributed by atoms with Crippen LogP contribution in [-0.4, -0.2) is 59.3 Å². The van der Waals surface area contributed by atoms with Crippen LogP contribution >= 0.6 is 0 Å². The summed E-state index contributed by atoms with van der Waals surface area (Å²) in [6.07, 6.45) is 2.52. The molecule has 2 unspecified atom stereocenters. The molecule has 3 nitrogen and oxygen atoms in total. The Bertz CT molecular complexity index is 196. The van der Waals surface area contributed by atoms with Crippen molar-refractivity contribution in [1.82, 2.24) is 9.80 Å². The Kier molecular flexibility index (Phi) is 3.10. The van der Waals surface area contributed by atoms with Gasteiger partial charge < -0.3 is 5.11 Å². The summed E-state index contributed by atoms with van der Waals surface area (Å²) in [5, 5.41) is 9.41. The van der Waals surface area contributed by atoms with E-state index in [1.54, 1.807) is 0 Å². The van der Waals surface area contributed by atoms with E-state index in [4.69, 9.17) is 0 Å². The van der Waals surface area contributed by atoms with Gasteiger partial charge in [-0.15, -0.1) is 0 Å². The van der Waals surface area contributed by atoms with Crippen molar-refractivity contribution in [2.24, 2.45) is 0 Å². The Balaban J connectivity index is 1.92. The van der Waals surface area contributed by atoms with Crippen molar-refractivity contribution in [2.45, 2.75) is 44.9 Å². The van der Waals surface area contributed by atoms with E-state index in [-0.39, 0.29) is 6.10 Å². The molecule has 2 heterocycles. The number of rotatable bonds is 2. The van der Waals surface area contributed by atoms with Gasteiger partial charge in [-0.05, 0) is 33.2 Å². The molecule has 2 rings (SSSR count). The first-order chi connectivity index (χ1) is 6.66. The molecular formula is C11H22N2O. The van der Waals surface area contributed by atoms with Crippen molar-refractivity contribution in [3.05, 3.63) is 0 Å². The first kappa shape index (κ1) is 10.4. The van der Waals surface area contributed by atoms with Crippen molar-refractivity contribution >= 4 is 0 Å². The Hall–Kier alpha value is -0.120. The number of nitrogens with zero attached hydrogens (tertiary/aromatic N) is 2. The van der Waals surface area contributed by atoms with Gasteiger partial charge in [-0.2, -0.15) is 0 Å². The first-order valence-corrected chi connectivity index (χ1v) is 5.83. The van der Waals surface area contributed by atoms with Crippen LogP contribution in [0.4, 0.5) is 0 Å². The maximum absolute atomic E-state index is 9.41. The number of fused-ring (bicyclic) bond motifs is 1. The van der Waals surface area contributed by atoms with Crippen LogP contribution < -0.4 is 0 Å². The maximum Gasteiger partial charge on any atom is 0.0639 e. The van der Waals surface area contributed by atoms with Crippen LogP contribution in [0.2, 0.25) is 0 Å². The van der Waals surface area contributed by atoms with Crippen molar-refractivity contribution in [3.63, 3.8) is 0 Å². The molecule has 3 heteroatoms. The lowest BCUT2D eigenvalue weighted by atomic mass is 10.1. The highest BCUT2D eigenvalue weighted by Crippen LogP contribution is 2.24. The van der Waals surface area contributed by atoms with Gasteiger partial charge in [0.05, 0.1) is 6.10 Å². The van der Waals surface area contributed by atoms with E-state index in [1.165, 1.54) is 25.9 Å². The van der Waals surface area contributed by atoms with Crippen LogP contribution in [0, 0.1) is 0 Å². The van der Waals surface area contributed by atoms with Gasteiger partial charge in [0.2, 0.25) is 0 Å². The Morgan fingerprint density at radius 3 is 2.93 bits per heavy atom. The molecular weight excluding hydrogens is 176 g/mol. The third kappa shape index (κ3) is 2.10. The highest BCUT2D eigenvalue weighted by atomic mass is 16.3. The standard InChI is InChI=1S/C11H22N2O/c1-9-6-12-5-3-4-11(12)8-13(9)7-10(2)14/h9-11,14H,3-8H2,1-2H3/t9?,10-,11?/m1/s1. The molecule has 1 N–H and O–H groups in total. The van der Waals surface area contributed by atoms with Gasteiger partial charge >= 0.3 is 0 Å². The summed E-state index contributed by atoms with van der Waals surface area (Å²) in [4.78, 5) is 5.06. The minimum Gasteiger partial charge on any atom is -0.392 e. The summed E-state index contributed by atoms with van der Waals surface area (Å²) in [5.74, 6) is 0. The summed E-state index contributed by atoms with van der Waals surface area (Å²) in [6.45, 7) is 8.64. The molecule has 2 fully saturated rings. The molecule has 0 aromatic rings. The molecule has 2 saturated heterocycles. The highest BCUT2D eigenvalue weighted by Gasteiger charge is 2.34. The zero-order valence-corrected chi connectivity index (χ0v) is 9.32. The normalized spacial score (nSPS) is 37.1. The third-order valence-electron chi connectivity index (χ3n) is 3.57. The van der Waals surface area contributed by atoms with Gasteiger partial charge in [-0.25, -0.2) is 0 Å². The van der Waals surface area contributed by atoms with E-state index in [0.717, 1.165) is 19.1 Å². The fraction of sp³-hybridized carbons (Fsp3) is 1.00. The van der Waals surface area contributed by atoms with Crippen LogP contribution in [0.5, 0.6) is 0 Å². The van der Waals surface area contributed by atoms with Crippen LogP contribution in [0.1, 0.15) is 26.7 Å². The summed E-state index contributed by atoms with van der Waals surface area (Å²) in [6, 6.07) is 1.38. The second-order valence-electron chi connectivity index (χ2n) is 4.94. The molecule has 0 aromatic heterocycles. The fourth-order valence-corrected chi connectivity index (χ4v) is 2.84. The summed E-state index contributed by atoms with van der Waals surface area (Å²) in [5.41, 5.74) is 0. The lowest BCUT2D eigenvalue weighted by Crippen LogP contribution is -2.56. The van der Waals surface area contributed by atoms with Crippen LogP contribution in [-0.2, 0) is 0 Å². The summed E-state index contributed by atoms with van der Waals surface area (Å²) < 4.78 is 0. The summed E-state index contributed by atoms with van der Waals surface area (Å²) in [7, 11) is 0. The predicted molar refractivity (Wildman–Crippen MR) is 57.3 cm³/mol. The molecule has 0 spiro atoms. The minimum atomic E-state index is -0.189. The lowest BCUT2D eigenvalue weighted by molar-refractivity contribution is 0.0279. The van der Waals surface area contributed by atoms with Gasteiger partial charge in [-0.3, -0.25) is 9.80 Å². The smallest absolute Gasteiger partial charge is 0.0639 e. The van der Waals surface area contributed by atoms with Gasteiger partial charge in [-0.1, -0.05) is 0 Å². The molecule has 3 atom stereocenters. The van der Waals surface area contributed by atoms with E-state index in [2.05, 4.69) is 16.7 Å². The van der Waals surface area contributed by atoms with E-state index < -0.39 is 0 Å². The molecule has 2 aliphatic rings. The quantitative estimate of drug-likeness (QED) is 0.701. The lowest BCUT2D eigenvalue weighted by Gasteiger charge is -2.42. The highest BCUT2D eigenvalue weighted by molar-refractivity contribution is 4.90. The maximum atomic E-state index is 9.41. The average molecular weight is 198 g/mol. The topological polar surface area (TPSA) is 26.7 Å². The molecule has 14 heavy (non-hydrogen) atoms. The zero-order chi connectivity index (χ0) is 10.1. The molecule has 2 aliphatic heterocycles. The monoisotopic (exact) mass is 198 g/mol. The first-order valence-electron chi connectivity index (χ1n) is 5.83. The van der Waals surface area contributed by atoms with E-state index in [9.17, 15) is 5.11 Å². The third-order valence-corrected chi connectivity index (χ3v) is 3.57. The Morgan fingerprint density at radius 2 is 2.21 bits per heavy atom. The molecule has 0 aliphatic carbocycles. The van der Waals surface area contributed by atoms with Crippen molar-refractivity contribution in [3.8, 4) is 0 Å². The van der Waals surface area contributed by atoms with Crippen LogP contribution in [0.25, 0.3) is 0 Å². The van der Waals surface area contributed by atoms with Crippen molar-refractivity contribution in [2.75, 3.05) is 26.2 Å². The number of aliphatic hydroxyl groups is 1. The second-order valence-corrected chi connectivity index (χ2v) is 4.94. The molecule has 0 amide bonds. The van der Waals surface area contributed by atoms with Crippen LogP contribution in [0.15, 0.2) is 0 Å². The molecule has 0 radical (unpaired) electrons. The van der Waals surface area contributed by atoms with Gasteiger partial charge in [0, 0.05) is 31.7 Å². The van der Waals surface area contributed by atoms with Crippen molar-refractivity contribution < 1.29 is 5.11 Å². The van der Waals surface area contributed by atoms with Gasteiger partial charge in [0.1, 0.15) is 0 Å². The zero-order valence-electron chi connectivity index (χ0n) is 9.32. The second kappa shape index (κ2) is 4.17. The molecule has 82 valence electrons. The molecule has 0 saturated carbocycles. The van der Waals surface area contributed by atoms with Gasteiger partial charge in [0.15, 0.2) is 0 Å². The number of piperazine rings is 1. The average Bonchev–Trinajstić information content (AvgIpc) is 2.51. The fourth-order valence-electron chi connectivity index (χ4n) is 2.84. The largest absolute Gasteiger partial charge is 0.392 e. The van der Waals surface area contributed by atoms with Crippen molar-refractivity contribution in [1.29, 1.82) is 0 Å². The SMILES string of the molecule is CC1CN2CCCC2CN1C[C@@H](C)O. The van der Waals surface area contributed by atoms with E-state index >= 15 is 0 Å². The number of β-amino-alcohol motifs (C(OH)–C–C–N with tert-alkyl or cyclic N) is 1. The van der Waals surface area contributed by atoms with E-state index in [0.29, 0.717) is 6.04 Å². The molecule has 0 aromatic carbocycles. The van der Waals surface area contributed by atoms with Gasteiger partial charge in [0.25, 0.3) is 0 Å². The Labute approximate surface area is 86.7 Å². The predicted octanol–water partition coefficient (Wildman–Crippen LogP) is 0.536. The number of aliphatic hydroxyl groups excluding tert-OH is 1. The molecule has 0 bridgehead atoms. The van der Waals surface area contributed by atoms with Crippen LogP contribution in [0.3, 0.4) is 0 Å². The minimum absolute atomic E-state index is 0.189. The number of hydrogen-bond acceptors (Lipinski definition) is 3. The Morgan fingerprint density at radius 1 is 1.43 bits per heavy atom.